The zero-order valence-electron chi connectivity index (χ0n) is 10.2. The van der Waals surface area contributed by atoms with Gasteiger partial charge in [-0.2, -0.15) is 0 Å². The number of unbranched alkanes of at least 4 members (excludes halogenated alkanes) is 3. The molecule has 0 radical (unpaired) electrons. The number of hydrogen-bond donors (Lipinski definition) is 3. The Morgan fingerprint density at radius 2 is 1.94 bits per heavy atom. The summed E-state index contributed by atoms with van der Waals surface area (Å²) in [5, 5.41) is 5.39. The quantitative estimate of drug-likeness (QED) is 0.545. The van der Waals surface area contributed by atoms with Crippen LogP contribution in [0.25, 0.3) is 0 Å². The smallest absolute Gasteiger partial charge is 0.315 e. The third-order valence-corrected chi connectivity index (χ3v) is 2.20. The third kappa shape index (κ3) is 9.30. The first-order valence-corrected chi connectivity index (χ1v) is 5.89. The molecular weight excluding hydrogens is 206 g/mol. The fourth-order valence-electron chi connectivity index (χ4n) is 1.38. The lowest BCUT2D eigenvalue weighted by atomic mass is 10.2. The largest absolute Gasteiger partial charge is 0.370 e. The molecule has 0 spiro atoms. The topological polar surface area (TPSA) is 84.2 Å². The van der Waals surface area contributed by atoms with E-state index >= 15 is 0 Å². The van der Waals surface area contributed by atoms with Crippen LogP contribution in [-0.2, 0) is 4.79 Å². The van der Waals surface area contributed by atoms with Crippen molar-refractivity contribution in [2.24, 2.45) is 5.73 Å². The van der Waals surface area contributed by atoms with Gasteiger partial charge in [0, 0.05) is 19.0 Å². The molecule has 0 saturated carbocycles. The van der Waals surface area contributed by atoms with Gasteiger partial charge in [0.15, 0.2) is 0 Å². The lowest BCUT2D eigenvalue weighted by Gasteiger charge is -2.12. The second kappa shape index (κ2) is 9.00. The monoisotopic (exact) mass is 229 g/mol. The van der Waals surface area contributed by atoms with Gasteiger partial charge in [-0.1, -0.05) is 26.2 Å². The molecule has 0 saturated heterocycles. The van der Waals surface area contributed by atoms with Crippen molar-refractivity contribution in [1.82, 2.24) is 10.6 Å². The molecule has 0 aliphatic rings. The molecule has 3 amide bonds. The fourth-order valence-corrected chi connectivity index (χ4v) is 1.38. The second-order valence-corrected chi connectivity index (χ2v) is 4.03. The molecule has 0 aliphatic heterocycles. The molecule has 1 atom stereocenters. The van der Waals surface area contributed by atoms with Gasteiger partial charge in [-0.25, -0.2) is 4.79 Å². The molecule has 0 bridgehead atoms. The van der Waals surface area contributed by atoms with E-state index in [1.807, 2.05) is 0 Å². The Hall–Kier alpha value is -1.26. The Balaban J connectivity index is 3.47. The Kier molecular flexibility index (Phi) is 8.29. The van der Waals surface area contributed by atoms with E-state index in [1.165, 1.54) is 12.8 Å². The highest BCUT2D eigenvalue weighted by atomic mass is 16.2. The summed E-state index contributed by atoms with van der Waals surface area (Å²) in [7, 11) is 0. The summed E-state index contributed by atoms with van der Waals surface area (Å²) in [5.74, 6) is -0.407. The zero-order valence-corrected chi connectivity index (χ0v) is 10.2. The van der Waals surface area contributed by atoms with Crippen molar-refractivity contribution in [3.05, 3.63) is 0 Å². The highest BCUT2D eigenvalue weighted by Gasteiger charge is 2.08. The number of nitrogens with two attached hydrogens (primary N) is 1. The molecule has 0 fully saturated rings. The maximum atomic E-state index is 11.3. The Labute approximate surface area is 97.2 Å². The molecular formula is C11H23N3O2. The molecule has 5 heteroatoms. The van der Waals surface area contributed by atoms with E-state index in [0.29, 0.717) is 6.54 Å². The van der Waals surface area contributed by atoms with Crippen LogP contribution < -0.4 is 16.4 Å². The number of amides is 3. The van der Waals surface area contributed by atoms with E-state index in [0.717, 1.165) is 12.8 Å². The molecule has 4 N–H and O–H groups in total. The first kappa shape index (κ1) is 14.7. The van der Waals surface area contributed by atoms with Crippen molar-refractivity contribution in [3.63, 3.8) is 0 Å². The minimum Gasteiger partial charge on any atom is -0.370 e. The van der Waals surface area contributed by atoms with Gasteiger partial charge in [0.25, 0.3) is 0 Å². The summed E-state index contributed by atoms with van der Waals surface area (Å²) < 4.78 is 0. The standard InChI is InChI=1S/C11H23N3O2/c1-3-4-5-6-7-13-11(16)14-9(2)8-10(12)15/h9H,3-8H2,1-2H3,(H2,12,15)(H2,13,14,16)/t9-/m0/s1. The van der Waals surface area contributed by atoms with Gasteiger partial charge in [0.1, 0.15) is 0 Å². The molecule has 0 rings (SSSR count). The number of primary amides is 1. The van der Waals surface area contributed by atoms with Crippen LogP contribution in [0, 0.1) is 0 Å². The molecule has 5 nitrogen and oxygen atoms in total. The Morgan fingerprint density at radius 3 is 2.50 bits per heavy atom. The van der Waals surface area contributed by atoms with Crippen molar-refractivity contribution < 1.29 is 9.59 Å². The van der Waals surface area contributed by atoms with E-state index < -0.39 is 5.91 Å². The van der Waals surface area contributed by atoms with Crippen LogP contribution in [0.3, 0.4) is 0 Å². The minimum absolute atomic E-state index is 0.170. The van der Waals surface area contributed by atoms with Gasteiger partial charge in [0.05, 0.1) is 0 Å². The van der Waals surface area contributed by atoms with Crippen LogP contribution in [0.2, 0.25) is 0 Å². The van der Waals surface area contributed by atoms with E-state index in [2.05, 4.69) is 17.6 Å². The molecule has 0 heterocycles. The zero-order chi connectivity index (χ0) is 12.4. The Bertz CT molecular complexity index is 219. The fraction of sp³-hybridized carbons (Fsp3) is 0.818. The Morgan fingerprint density at radius 1 is 1.25 bits per heavy atom. The van der Waals surface area contributed by atoms with Crippen molar-refractivity contribution in [2.75, 3.05) is 6.54 Å². The van der Waals surface area contributed by atoms with Gasteiger partial charge < -0.3 is 16.4 Å². The van der Waals surface area contributed by atoms with Crippen LogP contribution in [-0.4, -0.2) is 24.5 Å². The van der Waals surface area contributed by atoms with Crippen molar-refractivity contribution >= 4 is 11.9 Å². The number of rotatable bonds is 8. The van der Waals surface area contributed by atoms with Crippen molar-refractivity contribution in [2.45, 2.75) is 52.0 Å². The number of urea groups is 1. The van der Waals surface area contributed by atoms with E-state index in [1.54, 1.807) is 6.92 Å². The third-order valence-electron chi connectivity index (χ3n) is 2.20. The summed E-state index contributed by atoms with van der Waals surface area (Å²) >= 11 is 0. The van der Waals surface area contributed by atoms with Gasteiger partial charge in [-0.05, 0) is 13.3 Å². The van der Waals surface area contributed by atoms with E-state index in [9.17, 15) is 9.59 Å². The van der Waals surface area contributed by atoms with Gasteiger partial charge in [-0.3, -0.25) is 4.79 Å². The number of carbonyl (C=O) groups excluding carboxylic acids is 2. The predicted molar refractivity (Wildman–Crippen MR) is 63.9 cm³/mol. The van der Waals surface area contributed by atoms with Gasteiger partial charge in [-0.15, -0.1) is 0 Å². The normalized spacial score (nSPS) is 11.9. The summed E-state index contributed by atoms with van der Waals surface area (Å²) in [6, 6.07) is -0.446. The average Bonchev–Trinajstić information content (AvgIpc) is 2.15. The van der Waals surface area contributed by atoms with Crippen LogP contribution in [0.4, 0.5) is 4.79 Å². The number of nitrogens with one attached hydrogen (secondary N) is 2. The summed E-state index contributed by atoms with van der Waals surface area (Å²) in [5.41, 5.74) is 5.01. The molecule has 94 valence electrons. The van der Waals surface area contributed by atoms with Crippen molar-refractivity contribution in [3.8, 4) is 0 Å². The molecule has 0 aromatic heterocycles. The molecule has 0 aromatic rings. The van der Waals surface area contributed by atoms with E-state index in [-0.39, 0.29) is 18.5 Å². The molecule has 0 aromatic carbocycles. The van der Waals surface area contributed by atoms with Gasteiger partial charge >= 0.3 is 6.03 Å². The highest BCUT2D eigenvalue weighted by Crippen LogP contribution is 1.97. The SMILES string of the molecule is CCCCCCNC(=O)N[C@@H](C)CC(N)=O. The second-order valence-electron chi connectivity index (χ2n) is 4.03. The maximum absolute atomic E-state index is 11.3. The molecule has 0 unspecified atom stereocenters. The molecule has 0 aliphatic carbocycles. The predicted octanol–water partition coefficient (Wildman–Crippen LogP) is 1.13. The summed E-state index contributed by atoms with van der Waals surface area (Å²) in [4.78, 5) is 21.9. The number of carbonyl (C=O) groups is 2. The van der Waals surface area contributed by atoms with Crippen molar-refractivity contribution in [1.29, 1.82) is 0 Å². The highest BCUT2D eigenvalue weighted by molar-refractivity contribution is 5.77. The lowest BCUT2D eigenvalue weighted by molar-refractivity contribution is -0.118. The molecule has 16 heavy (non-hydrogen) atoms. The van der Waals surface area contributed by atoms with Gasteiger partial charge in [0.2, 0.25) is 5.91 Å². The van der Waals surface area contributed by atoms with Crippen LogP contribution >= 0.6 is 0 Å². The number of hydrogen-bond acceptors (Lipinski definition) is 2. The van der Waals surface area contributed by atoms with E-state index in [4.69, 9.17) is 5.73 Å². The minimum atomic E-state index is -0.407. The van der Waals surface area contributed by atoms with Crippen LogP contribution in [0.15, 0.2) is 0 Å². The maximum Gasteiger partial charge on any atom is 0.315 e. The first-order valence-electron chi connectivity index (χ1n) is 5.89. The average molecular weight is 229 g/mol. The summed E-state index contributed by atoms with van der Waals surface area (Å²) in [6.45, 7) is 4.57. The summed E-state index contributed by atoms with van der Waals surface area (Å²) in [6.07, 6.45) is 4.67. The van der Waals surface area contributed by atoms with Crippen LogP contribution in [0.1, 0.15) is 46.0 Å². The first-order chi connectivity index (χ1) is 7.56. The lowest BCUT2D eigenvalue weighted by Crippen LogP contribution is -2.42. The van der Waals surface area contributed by atoms with Crippen LogP contribution in [0.5, 0.6) is 0 Å².